The number of esters is 1. The highest BCUT2D eigenvalue weighted by atomic mass is 19.4. The van der Waals surface area contributed by atoms with Crippen molar-refractivity contribution >= 4 is 23.0 Å². The minimum Gasteiger partial charge on any atom is -0.460 e. The van der Waals surface area contributed by atoms with Gasteiger partial charge in [0.05, 0.1) is 12.2 Å². The Morgan fingerprint density at radius 1 is 1.21 bits per heavy atom. The Morgan fingerprint density at radius 2 is 1.88 bits per heavy atom. The van der Waals surface area contributed by atoms with E-state index in [0.717, 1.165) is 6.07 Å². The third kappa shape index (κ3) is 4.63. The maximum atomic E-state index is 13.2. The van der Waals surface area contributed by atoms with Gasteiger partial charge < -0.3 is 9.15 Å². The molecule has 0 aliphatic heterocycles. The van der Waals surface area contributed by atoms with E-state index in [1.165, 1.54) is 6.07 Å². The maximum Gasteiger partial charge on any atom is 0.420 e. The van der Waals surface area contributed by atoms with Gasteiger partial charge in [-0.25, -0.2) is 4.79 Å². The first-order valence-electron chi connectivity index (χ1n) is 7.85. The molecule has 6 heteroatoms. The zero-order chi connectivity index (χ0) is 18.3. The number of ether oxygens (including phenoxy) is 1. The second-order valence-corrected chi connectivity index (χ2v) is 4.63. The summed E-state index contributed by atoms with van der Waals surface area (Å²) in [6.45, 7) is 7.61. The summed E-state index contributed by atoms with van der Waals surface area (Å²) >= 11 is 0. The highest BCUT2D eigenvalue weighted by Crippen LogP contribution is 2.37. The van der Waals surface area contributed by atoms with E-state index in [4.69, 9.17) is 9.15 Å². The molecule has 0 bridgehead atoms. The molecule has 132 valence electrons. The number of carbonyl (C=O) groups is 1. The number of carbonyl (C=O) groups excluding carboxylic acids is 1. The lowest BCUT2D eigenvalue weighted by molar-refractivity contribution is -0.136. The first-order chi connectivity index (χ1) is 11.4. The van der Waals surface area contributed by atoms with Crippen molar-refractivity contribution in [3.63, 3.8) is 0 Å². The van der Waals surface area contributed by atoms with Crippen LogP contribution in [0.15, 0.2) is 28.7 Å². The average molecular weight is 342 g/mol. The highest BCUT2D eigenvalue weighted by Gasteiger charge is 2.35. The molecule has 0 aliphatic carbocycles. The van der Waals surface area contributed by atoms with Gasteiger partial charge in [0.1, 0.15) is 5.58 Å². The molecule has 0 atom stereocenters. The number of fused-ring (bicyclic) bond motifs is 1. The molecule has 0 aliphatic rings. The number of hydrogen-bond acceptors (Lipinski definition) is 3. The Morgan fingerprint density at radius 3 is 2.42 bits per heavy atom. The normalized spacial score (nSPS) is 11.5. The van der Waals surface area contributed by atoms with Gasteiger partial charge in [0.2, 0.25) is 5.76 Å². The lowest BCUT2D eigenvalue weighted by Crippen LogP contribution is -2.05. The molecule has 0 unspecified atom stereocenters. The molecule has 2 aromatic rings. The van der Waals surface area contributed by atoms with Crippen LogP contribution in [-0.4, -0.2) is 12.6 Å². The van der Waals surface area contributed by atoms with Gasteiger partial charge in [-0.2, -0.15) is 13.2 Å². The van der Waals surface area contributed by atoms with Gasteiger partial charge >= 0.3 is 12.1 Å². The molecule has 2 rings (SSSR count). The Bertz CT molecular complexity index is 712. The molecule has 1 aromatic carbocycles. The van der Waals surface area contributed by atoms with E-state index < -0.39 is 17.7 Å². The van der Waals surface area contributed by atoms with Crippen molar-refractivity contribution in [1.82, 2.24) is 0 Å². The lowest BCUT2D eigenvalue weighted by Gasteiger charge is -2.08. The number of alkyl halides is 3. The molecule has 0 N–H and O–H groups in total. The van der Waals surface area contributed by atoms with Crippen LogP contribution in [0.4, 0.5) is 13.2 Å². The van der Waals surface area contributed by atoms with Gasteiger partial charge in [-0.3, -0.25) is 0 Å². The Hall–Kier alpha value is -2.24. The summed E-state index contributed by atoms with van der Waals surface area (Å²) in [6, 6.07) is 3.82. The largest absolute Gasteiger partial charge is 0.460 e. The van der Waals surface area contributed by atoms with Crippen molar-refractivity contribution in [2.45, 2.75) is 40.3 Å². The van der Waals surface area contributed by atoms with E-state index in [-0.39, 0.29) is 23.3 Å². The zero-order valence-corrected chi connectivity index (χ0v) is 14.2. The molecule has 0 amide bonds. The fourth-order valence-electron chi connectivity index (χ4n) is 2.04. The van der Waals surface area contributed by atoms with Gasteiger partial charge in [-0.05, 0) is 37.1 Å². The molecule has 1 aromatic heterocycles. The van der Waals surface area contributed by atoms with Crippen LogP contribution >= 0.6 is 0 Å². The van der Waals surface area contributed by atoms with Crippen molar-refractivity contribution in [3.05, 3.63) is 41.2 Å². The molecule has 0 saturated carbocycles. The van der Waals surface area contributed by atoms with E-state index in [0.29, 0.717) is 12.0 Å². The number of rotatable bonds is 4. The van der Waals surface area contributed by atoms with Crippen LogP contribution in [-0.2, 0) is 10.9 Å². The molecule has 0 spiro atoms. The van der Waals surface area contributed by atoms with Crippen LogP contribution in [0.1, 0.15) is 55.8 Å². The summed E-state index contributed by atoms with van der Waals surface area (Å²) in [4.78, 5) is 11.6. The first-order valence-corrected chi connectivity index (χ1v) is 7.85. The Kier molecular flexibility index (Phi) is 7.07. The van der Waals surface area contributed by atoms with E-state index in [1.807, 2.05) is 20.8 Å². The summed E-state index contributed by atoms with van der Waals surface area (Å²) in [5.41, 5.74) is -0.863. The van der Waals surface area contributed by atoms with Gasteiger partial charge in [-0.15, -0.1) is 0 Å². The SMILES string of the molecule is CC.CC/C=C/c1cc(C(F)(F)F)c2oc(C(=O)OCC)cc2c1. The van der Waals surface area contributed by atoms with E-state index in [2.05, 4.69) is 0 Å². The van der Waals surface area contributed by atoms with Gasteiger partial charge in [0.25, 0.3) is 0 Å². The minimum atomic E-state index is -4.57. The van der Waals surface area contributed by atoms with Crippen molar-refractivity contribution in [3.8, 4) is 0 Å². The number of furan rings is 1. The smallest absolute Gasteiger partial charge is 0.420 e. The first kappa shape index (κ1) is 19.8. The topological polar surface area (TPSA) is 39.4 Å². The third-order valence-electron chi connectivity index (χ3n) is 2.97. The predicted molar refractivity (Wildman–Crippen MR) is 87.8 cm³/mol. The number of benzene rings is 1. The predicted octanol–water partition coefficient (Wildman–Crippen LogP) is 6.08. The second kappa shape index (κ2) is 8.57. The summed E-state index contributed by atoms with van der Waals surface area (Å²) in [5.74, 6) is -1.02. The Balaban J connectivity index is 0.00000139. The van der Waals surface area contributed by atoms with Crippen molar-refractivity contribution in [1.29, 1.82) is 0 Å². The minimum absolute atomic E-state index is 0.118. The molecule has 0 radical (unpaired) electrons. The summed E-state index contributed by atoms with van der Waals surface area (Å²) in [6.07, 6.45) is -0.504. The number of hydrogen-bond donors (Lipinski definition) is 0. The quantitative estimate of drug-likeness (QED) is 0.632. The van der Waals surface area contributed by atoms with Gasteiger partial charge in [-0.1, -0.05) is 32.9 Å². The molecule has 0 saturated heterocycles. The average Bonchev–Trinajstić information content (AvgIpc) is 2.97. The monoisotopic (exact) mass is 342 g/mol. The van der Waals surface area contributed by atoms with Crippen LogP contribution in [0, 0.1) is 0 Å². The molecule has 24 heavy (non-hydrogen) atoms. The molecule has 3 nitrogen and oxygen atoms in total. The summed E-state index contributed by atoms with van der Waals surface area (Å²) in [5, 5.41) is 0.216. The van der Waals surface area contributed by atoms with E-state index >= 15 is 0 Å². The fraction of sp³-hybridized carbons (Fsp3) is 0.389. The van der Waals surface area contributed by atoms with E-state index in [1.54, 1.807) is 25.1 Å². The maximum absolute atomic E-state index is 13.2. The third-order valence-corrected chi connectivity index (χ3v) is 2.97. The van der Waals surface area contributed by atoms with Crippen molar-refractivity contribution < 1.29 is 27.1 Å². The van der Waals surface area contributed by atoms with Crippen LogP contribution in [0.5, 0.6) is 0 Å². The molecule has 1 heterocycles. The molecule has 0 fully saturated rings. The van der Waals surface area contributed by atoms with Crippen LogP contribution in [0.2, 0.25) is 0 Å². The standard InChI is InChI=1S/C16H15F3O3.C2H6/c1-3-5-6-10-7-11-9-13(15(20)21-4-2)22-14(11)12(8-10)16(17,18)19;1-2/h5-9H,3-4H2,1-2H3;1-2H3/b6-5+;. The lowest BCUT2D eigenvalue weighted by atomic mass is 10.1. The van der Waals surface area contributed by atoms with Crippen LogP contribution < -0.4 is 0 Å². The number of halogens is 3. The zero-order valence-electron chi connectivity index (χ0n) is 14.2. The summed E-state index contributed by atoms with van der Waals surface area (Å²) in [7, 11) is 0. The summed E-state index contributed by atoms with van der Waals surface area (Å²) < 4.78 is 49.4. The Labute approximate surface area is 139 Å². The van der Waals surface area contributed by atoms with Crippen molar-refractivity contribution in [2.24, 2.45) is 0 Å². The van der Waals surface area contributed by atoms with Crippen molar-refractivity contribution in [2.75, 3.05) is 6.61 Å². The van der Waals surface area contributed by atoms with Crippen LogP contribution in [0.3, 0.4) is 0 Å². The second-order valence-electron chi connectivity index (χ2n) is 4.63. The van der Waals surface area contributed by atoms with Crippen LogP contribution in [0.25, 0.3) is 17.0 Å². The van der Waals surface area contributed by atoms with Gasteiger partial charge in [0.15, 0.2) is 0 Å². The molecular weight excluding hydrogens is 321 g/mol. The molecular formula is C18H21F3O3. The number of allylic oxidation sites excluding steroid dienone is 1. The van der Waals surface area contributed by atoms with Gasteiger partial charge in [0, 0.05) is 5.39 Å². The van der Waals surface area contributed by atoms with E-state index in [9.17, 15) is 18.0 Å². The highest BCUT2D eigenvalue weighted by molar-refractivity contribution is 5.94. The fourth-order valence-corrected chi connectivity index (χ4v) is 2.04.